The Hall–Kier alpha value is -2.47. The Labute approximate surface area is 159 Å². The van der Waals surface area contributed by atoms with Crippen LogP contribution in [-0.4, -0.2) is 41.6 Å². The number of ether oxygens (including phenoxy) is 2. The first-order valence-corrected chi connectivity index (χ1v) is 9.13. The van der Waals surface area contributed by atoms with Gasteiger partial charge in [-0.15, -0.1) is 0 Å². The molecule has 0 spiro atoms. The standard InChI is InChI=1S/C21H26O6/c1-4-26-19(23)17-15(12-11-14-9-7-6-8-10-14)18(20(24)27-5-2)21(3,25)13-16(17)22/h6-12,15,17-18,25H,4-5,13H2,1-3H3/b12-11+/t15-,17+,18-,21-/m1/s1. The summed E-state index contributed by atoms with van der Waals surface area (Å²) in [4.78, 5) is 37.7. The second-order valence-electron chi connectivity index (χ2n) is 6.81. The number of rotatable bonds is 6. The van der Waals surface area contributed by atoms with E-state index in [-0.39, 0.29) is 19.6 Å². The summed E-state index contributed by atoms with van der Waals surface area (Å²) in [6.45, 7) is 5.01. The van der Waals surface area contributed by atoms with Crippen LogP contribution in [0.3, 0.4) is 0 Å². The predicted octanol–water partition coefficient (Wildman–Crippen LogP) is 2.40. The van der Waals surface area contributed by atoms with Crippen LogP contribution in [0.4, 0.5) is 0 Å². The number of allylic oxidation sites excluding steroid dienone is 1. The average molecular weight is 374 g/mol. The summed E-state index contributed by atoms with van der Waals surface area (Å²) in [5.41, 5.74) is -0.765. The molecule has 0 amide bonds. The summed E-state index contributed by atoms with van der Waals surface area (Å²) in [7, 11) is 0. The Morgan fingerprint density at radius 1 is 1.15 bits per heavy atom. The molecule has 0 radical (unpaired) electrons. The molecule has 1 N–H and O–H groups in total. The fraction of sp³-hybridized carbons (Fsp3) is 0.476. The molecule has 0 bridgehead atoms. The predicted molar refractivity (Wildman–Crippen MR) is 99.5 cm³/mol. The highest BCUT2D eigenvalue weighted by Gasteiger charge is 2.55. The zero-order valence-electron chi connectivity index (χ0n) is 15.9. The summed E-state index contributed by atoms with van der Waals surface area (Å²) < 4.78 is 10.2. The Morgan fingerprint density at radius 3 is 2.33 bits per heavy atom. The number of esters is 2. The van der Waals surface area contributed by atoms with E-state index in [1.807, 2.05) is 30.3 Å². The molecule has 0 saturated heterocycles. The van der Waals surface area contributed by atoms with Gasteiger partial charge in [0.2, 0.25) is 0 Å². The van der Waals surface area contributed by atoms with Crippen LogP contribution in [0.2, 0.25) is 0 Å². The van der Waals surface area contributed by atoms with Gasteiger partial charge in [-0.25, -0.2) is 0 Å². The summed E-state index contributed by atoms with van der Waals surface area (Å²) >= 11 is 0. The largest absolute Gasteiger partial charge is 0.466 e. The fourth-order valence-corrected chi connectivity index (χ4v) is 3.57. The third-order valence-electron chi connectivity index (χ3n) is 4.71. The second-order valence-corrected chi connectivity index (χ2v) is 6.81. The van der Waals surface area contributed by atoms with Crippen molar-refractivity contribution in [1.82, 2.24) is 0 Å². The van der Waals surface area contributed by atoms with Gasteiger partial charge in [0.25, 0.3) is 0 Å². The summed E-state index contributed by atoms with van der Waals surface area (Å²) in [5.74, 6) is -4.83. The van der Waals surface area contributed by atoms with Crippen molar-refractivity contribution in [2.45, 2.75) is 32.8 Å². The van der Waals surface area contributed by atoms with Crippen molar-refractivity contribution in [3.05, 3.63) is 42.0 Å². The van der Waals surface area contributed by atoms with Crippen molar-refractivity contribution in [2.75, 3.05) is 13.2 Å². The number of hydrogen-bond acceptors (Lipinski definition) is 6. The molecule has 4 atom stereocenters. The maximum Gasteiger partial charge on any atom is 0.317 e. The van der Waals surface area contributed by atoms with Gasteiger partial charge in [0, 0.05) is 12.3 Å². The van der Waals surface area contributed by atoms with Gasteiger partial charge in [0.05, 0.1) is 24.7 Å². The molecule has 27 heavy (non-hydrogen) atoms. The van der Waals surface area contributed by atoms with Crippen molar-refractivity contribution >= 4 is 23.8 Å². The Morgan fingerprint density at radius 2 is 1.74 bits per heavy atom. The van der Waals surface area contributed by atoms with E-state index in [1.165, 1.54) is 6.92 Å². The molecule has 1 fully saturated rings. The van der Waals surface area contributed by atoms with Crippen LogP contribution in [0.5, 0.6) is 0 Å². The quantitative estimate of drug-likeness (QED) is 0.607. The first kappa shape index (κ1) is 20.8. The van der Waals surface area contributed by atoms with E-state index in [4.69, 9.17) is 9.47 Å². The molecule has 0 heterocycles. The van der Waals surface area contributed by atoms with Crippen molar-refractivity contribution in [3.63, 3.8) is 0 Å². The van der Waals surface area contributed by atoms with Gasteiger partial charge < -0.3 is 14.6 Å². The molecule has 1 aromatic rings. The van der Waals surface area contributed by atoms with Gasteiger partial charge >= 0.3 is 11.9 Å². The van der Waals surface area contributed by atoms with Crippen LogP contribution in [-0.2, 0) is 23.9 Å². The summed E-state index contributed by atoms with van der Waals surface area (Å²) in [6.07, 6.45) is 3.05. The van der Waals surface area contributed by atoms with E-state index >= 15 is 0 Å². The molecule has 146 valence electrons. The second kappa shape index (κ2) is 8.95. The molecule has 1 aromatic carbocycles. The first-order chi connectivity index (χ1) is 12.8. The lowest BCUT2D eigenvalue weighted by molar-refractivity contribution is -0.174. The van der Waals surface area contributed by atoms with Crippen molar-refractivity contribution in [1.29, 1.82) is 0 Å². The van der Waals surface area contributed by atoms with Gasteiger partial charge in [-0.3, -0.25) is 14.4 Å². The smallest absolute Gasteiger partial charge is 0.317 e. The molecule has 0 aliphatic heterocycles. The Kier molecular flexibility index (Phi) is 6.91. The molecule has 1 saturated carbocycles. The number of carbonyl (C=O) groups excluding carboxylic acids is 3. The number of benzene rings is 1. The van der Waals surface area contributed by atoms with E-state index < -0.39 is 41.1 Å². The minimum Gasteiger partial charge on any atom is -0.466 e. The SMILES string of the molecule is CCOC(=O)[C@@H]1C(=O)C[C@@](C)(O)[C@@H](C(=O)OCC)[C@@H]1/C=C/c1ccccc1. The van der Waals surface area contributed by atoms with E-state index in [2.05, 4.69) is 0 Å². The summed E-state index contributed by atoms with van der Waals surface area (Å²) in [6, 6.07) is 9.30. The topological polar surface area (TPSA) is 89.9 Å². The Bertz CT molecular complexity index is 707. The minimum absolute atomic E-state index is 0.123. The van der Waals surface area contributed by atoms with Gasteiger partial charge in [0.1, 0.15) is 5.92 Å². The third-order valence-corrected chi connectivity index (χ3v) is 4.71. The van der Waals surface area contributed by atoms with Crippen LogP contribution in [0.15, 0.2) is 36.4 Å². The van der Waals surface area contributed by atoms with Gasteiger partial charge in [-0.05, 0) is 26.3 Å². The van der Waals surface area contributed by atoms with E-state index in [9.17, 15) is 19.5 Å². The lowest BCUT2D eigenvalue weighted by Crippen LogP contribution is -2.55. The Balaban J connectivity index is 2.48. The maximum absolute atomic E-state index is 12.6. The molecule has 6 heteroatoms. The zero-order chi connectivity index (χ0) is 20.0. The molecule has 0 unspecified atom stereocenters. The van der Waals surface area contributed by atoms with Gasteiger partial charge in [-0.2, -0.15) is 0 Å². The van der Waals surface area contributed by atoms with E-state index in [0.29, 0.717) is 0 Å². The molecular weight excluding hydrogens is 348 g/mol. The van der Waals surface area contributed by atoms with E-state index in [1.54, 1.807) is 26.0 Å². The zero-order valence-corrected chi connectivity index (χ0v) is 15.9. The molecular formula is C21H26O6. The number of hydrogen-bond donors (Lipinski definition) is 1. The highest BCUT2D eigenvalue weighted by molar-refractivity contribution is 6.02. The van der Waals surface area contributed by atoms with Crippen LogP contribution in [0.1, 0.15) is 32.8 Å². The number of carbonyl (C=O) groups is 3. The molecule has 2 rings (SSSR count). The summed E-state index contributed by atoms with van der Waals surface area (Å²) in [5, 5.41) is 10.8. The van der Waals surface area contributed by atoms with Crippen molar-refractivity contribution in [2.24, 2.45) is 17.8 Å². The monoisotopic (exact) mass is 374 g/mol. The van der Waals surface area contributed by atoms with Crippen molar-refractivity contribution < 1.29 is 29.0 Å². The molecule has 1 aliphatic rings. The molecule has 1 aliphatic carbocycles. The van der Waals surface area contributed by atoms with Crippen LogP contribution >= 0.6 is 0 Å². The van der Waals surface area contributed by atoms with Crippen LogP contribution in [0, 0.1) is 17.8 Å². The molecule has 0 aromatic heterocycles. The highest BCUT2D eigenvalue weighted by atomic mass is 16.5. The van der Waals surface area contributed by atoms with Crippen LogP contribution in [0.25, 0.3) is 6.08 Å². The molecule has 6 nitrogen and oxygen atoms in total. The van der Waals surface area contributed by atoms with Crippen molar-refractivity contribution in [3.8, 4) is 0 Å². The normalized spacial score (nSPS) is 28.1. The lowest BCUT2D eigenvalue weighted by atomic mass is 9.63. The average Bonchev–Trinajstić information content (AvgIpc) is 2.59. The third kappa shape index (κ3) is 4.83. The van der Waals surface area contributed by atoms with Crippen LogP contribution < -0.4 is 0 Å². The minimum atomic E-state index is -1.61. The first-order valence-electron chi connectivity index (χ1n) is 9.13. The fourth-order valence-electron chi connectivity index (χ4n) is 3.57. The number of ketones is 1. The number of Topliss-reactive ketones (excluding diaryl/α,β-unsaturated/α-hetero) is 1. The van der Waals surface area contributed by atoms with E-state index in [0.717, 1.165) is 5.56 Å². The lowest BCUT2D eigenvalue weighted by Gasteiger charge is -2.42. The highest BCUT2D eigenvalue weighted by Crippen LogP contribution is 2.42. The number of aliphatic hydroxyl groups is 1. The maximum atomic E-state index is 12.6. The van der Waals surface area contributed by atoms with Gasteiger partial charge in [-0.1, -0.05) is 42.5 Å². The van der Waals surface area contributed by atoms with Gasteiger partial charge in [0.15, 0.2) is 5.78 Å².